The van der Waals surface area contributed by atoms with Crippen molar-refractivity contribution in [2.45, 2.75) is 24.3 Å². The highest BCUT2D eigenvalue weighted by molar-refractivity contribution is 6.34. The van der Waals surface area contributed by atoms with Gasteiger partial charge in [-0.05, 0) is 30.7 Å². The molecule has 3 nitrogen and oxygen atoms in total. The van der Waals surface area contributed by atoms with Crippen LogP contribution < -0.4 is 5.73 Å². The zero-order valence-electron chi connectivity index (χ0n) is 9.69. The first kappa shape index (κ1) is 10.7. The second kappa shape index (κ2) is 3.03. The fourth-order valence-corrected chi connectivity index (χ4v) is 4.02. The Labute approximate surface area is 114 Å². The summed E-state index contributed by atoms with van der Waals surface area (Å²) in [5.41, 5.74) is 8.18. The van der Waals surface area contributed by atoms with Gasteiger partial charge < -0.3 is 5.73 Å². The molecule has 0 saturated heterocycles. The molecule has 4 rings (SSSR count). The van der Waals surface area contributed by atoms with Gasteiger partial charge in [-0.25, -0.2) is 0 Å². The lowest BCUT2D eigenvalue weighted by atomic mass is 10.1. The van der Waals surface area contributed by atoms with E-state index in [1.54, 1.807) is 6.07 Å². The van der Waals surface area contributed by atoms with Gasteiger partial charge >= 0.3 is 0 Å². The Morgan fingerprint density at radius 1 is 1.17 bits per heavy atom. The fraction of sp³-hybridized carbons (Fsp3) is 0.308. The third-order valence-corrected chi connectivity index (χ3v) is 4.69. The first-order valence-corrected chi connectivity index (χ1v) is 6.59. The van der Waals surface area contributed by atoms with E-state index in [-0.39, 0.29) is 5.54 Å². The highest BCUT2D eigenvalue weighted by Gasteiger charge is 2.73. The third kappa shape index (κ3) is 1.09. The van der Waals surface area contributed by atoms with Crippen LogP contribution in [0.3, 0.4) is 0 Å². The smallest absolute Gasteiger partial charge is 0.145 e. The largest absolute Gasteiger partial charge is 0.382 e. The molecule has 2 aromatic rings. The summed E-state index contributed by atoms with van der Waals surface area (Å²) in [5, 5.41) is 5.71. The van der Waals surface area contributed by atoms with E-state index >= 15 is 0 Å². The first-order chi connectivity index (χ1) is 8.51. The quantitative estimate of drug-likeness (QED) is 0.870. The molecule has 1 saturated carbocycles. The van der Waals surface area contributed by atoms with E-state index in [1.165, 1.54) is 11.3 Å². The number of rotatable bonds is 1. The van der Waals surface area contributed by atoms with Gasteiger partial charge in [0.15, 0.2) is 0 Å². The van der Waals surface area contributed by atoms with Crippen LogP contribution in [0.4, 0.5) is 5.82 Å². The lowest BCUT2D eigenvalue weighted by Gasteiger charge is -2.23. The lowest BCUT2D eigenvalue weighted by molar-refractivity contribution is 0.370. The van der Waals surface area contributed by atoms with Crippen LogP contribution in [0, 0.1) is 0 Å². The number of nitrogens with two attached hydrogens (primary N) is 1. The first-order valence-electron chi connectivity index (χ1n) is 5.83. The summed E-state index contributed by atoms with van der Waals surface area (Å²) >= 11 is 12.1. The van der Waals surface area contributed by atoms with Crippen molar-refractivity contribution < 1.29 is 0 Å². The number of aromatic nitrogens is 2. The molecule has 1 aromatic carbocycles. The average molecular weight is 280 g/mol. The van der Waals surface area contributed by atoms with Gasteiger partial charge in [-0.2, -0.15) is 5.10 Å². The number of nitrogen functional groups attached to an aromatic ring is 1. The molecule has 18 heavy (non-hydrogen) atoms. The van der Waals surface area contributed by atoms with Crippen molar-refractivity contribution in [2.75, 3.05) is 5.73 Å². The number of anilines is 1. The SMILES string of the molecule is CC12C(c3cc(Cl)cc(Cl)c3)[C@H]1c1cc(N)nn12. The van der Waals surface area contributed by atoms with Gasteiger partial charge in [0, 0.05) is 33.6 Å². The zero-order chi connectivity index (χ0) is 12.7. The Morgan fingerprint density at radius 2 is 1.83 bits per heavy atom. The molecule has 3 atom stereocenters. The number of benzene rings is 1. The number of nitrogens with zero attached hydrogens (tertiary/aromatic N) is 2. The van der Waals surface area contributed by atoms with Gasteiger partial charge in [-0.3, -0.25) is 4.68 Å². The van der Waals surface area contributed by atoms with E-state index in [0.717, 1.165) is 0 Å². The van der Waals surface area contributed by atoms with Crippen LogP contribution in [0.15, 0.2) is 24.3 Å². The number of hydrogen-bond donors (Lipinski definition) is 1. The highest BCUT2D eigenvalue weighted by Crippen LogP contribution is 2.75. The second-order valence-corrected chi connectivity index (χ2v) is 6.16. The van der Waals surface area contributed by atoms with Crippen molar-refractivity contribution in [1.82, 2.24) is 9.78 Å². The van der Waals surface area contributed by atoms with Crippen LogP contribution in [-0.4, -0.2) is 9.78 Å². The second-order valence-electron chi connectivity index (χ2n) is 5.29. The van der Waals surface area contributed by atoms with Gasteiger partial charge in [0.1, 0.15) is 5.82 Å². The molecule has 2 unspecified atom stereocenters. The molecule has 0 bridgehead atoms. The molecule has 1 aliphatic carbocycles. The molecule has 1 fully saturated rings. The van der Waals surface area contributed by atoms with E-state index < -0.39 is 0 Å². The maximum atomic E-state index is 6.07. The maximum Gasteiger partial charge on any atom is 0.145 e. The topological polar surface area (TPSA) is 43.8 Å². The molecule has 2 aliphatic rings. The summed E-state index contributed by atoms with van der Waals surface area (Å²) < 4.78 is 2.03. The van der Waals surface area contributed by atoms with Crippen molar-refractivity contribution >= 4 is 29.0 Å². The van der Waals surface area contributed by atoms with E-state index in [4.69, 9.17) is 28.9 Å². The van der Waals surface area contributed by atoms with Gasteiger partial charge in [-0.1, -0.05) is 23.2 Å². The predicted octanol–water partition coefficient (Wildman–Crippen LogP) is 3.38. The fourth-order valence-electron chi connectivity index (χ4n) is 3.47. The summed E-state index contributed by atoms with van der Waals surface area (Å²) in [4.78, 5) is 0. The molecule has 92 valence electrons. The Bertz CT molecular complexity index is 659. The van der Waals surface area contributed by atoms with Crippen LogP contribution in [0.5, 0.6) is 0 Å². The Kier molecular flexibility index (Phi) is 1.80. The molecule has 0 spiro atoms. The van der Waals surface area contributed by atoms with Crippen molar-refractivity contribution in [3.63, 3.8) is 0 Å². The van der Waals surface area contributed by atoms with E-state index in [1.807, 2.05) is 22.9 Å². The van der Waals surface area contributed by atoms with Crippen molar-refractivity contribution in [3.8, 4) is 0 Å². The summed E-state index contributed by atoms with van der Waals surface area (Å²) in [7, 11) is 0. The third-order valence-electron chi connectivity index (χ3n) is 4.26. The monoisotopic (exact) mass is 279 g/mol. The Morgan fingerprint density at radius 3 is 2.44 bits per heavy atom. The minimum atomic E-state index is 0.0565. The molecule has 2 N–H and O–H groups in total. The summed E-state index contributed by atoms with van der Waals surface area (Å²) in [6.45, 7) is 2.20. The zero-order valence-corrected chi connectivity index (χ0v) is 11.2. The van der Waals surface area contributed by atoms with Crippen molar-refractivity contribution in [3.05, 3.63) is 45.6 Å². The molecular formula is C13H11Cl2N3. The van der Waals surface area contributed by atoms with Crippen LogP contribution >= 0.6 is 23.2 Å². The average Bonchev–Trinajstić information content (AvgIpc) is 2.64. The Balaban J connectivity index is 1.77. The Hall–Kier alpha value is -1.19. The van der Waals surface area contributed by atoms with Gasteiger partial charge in [0.2, 0.25) is 0 Å². The number of fused-ring (bicyclic) bond motifs is 4. The van der Waals surface area contributed by atoms with Gasteiger partial charge in [0.25, 0.3) is 0 Å². The van der Waals surface area contributed by atoms with E-state index in [9.17, 15) is 0 Å². The van der Waals surface area contributed by atoms with E-state index in [0.29, 0.717) is 27.7 Å². The van der Waals surface area contributed by atoms with Crippen molar-refractivity contribution in [2.24, 2.45) is 0 Å². The number of halogens is 2. The van der Waals surface area contributed by atoms with Crippen LogP contribution in [0.1, 0.15) is 30.0 Å². The number of hydrogen-bond acceptors (Lipinski definition) is 2. The van der Waals surface area contributed by atoms with Crippen LogP contribution in [-0.2, 0) is 5.54 Å². The molecule has 0 amide bonds. The van der Waals surface area contributed by atoms with E-state index in [2.05, 4.69) is 12.0 Å². The van der Waals surface area contributed by atoms with Crippen molar-refractivity contribution in [1.29, 1.82) is 0 Å². The molecule has 2 heterocycles. The molecule has 1 aromatic heterocycles. The standard InChI is InChI=1S/C13H11Cl2N3/c1-13-11(6-2-7(14)4-8(15)3-6)12(13)9-5-10(16)17-18(9)13/h2-5,11-12H,1H3,(H2,16,17)/t11?,12-,13?/m1/s1. The minimum Gasteiger partial charge on any atom is -0.382 e. The van der Waals surface area contributed by atoms with Crippen LogP contribution in [0.2, 0.25) is 10.0 Å². The lowest BCUT2D eigenvalue weighted by Crippen LogP contribution is -2.28. The summed E-state index contributed by atoms with van der Waals surface area (Å²) in [6, 6.07) is 7.70. The molecule has 0 radical (unpaired) electrons. The highest BCUT2D eigenvalue weighted by atomic mass is 35.5. The summed E-state index contributed by atoms with van der Waals surface area (Å²) in [5.74, 6) is 1.51. The molecule has 1 aliphatic heterocycles. The van der Waals surface area contributed by atoms with Crippen LogP contribution in [0.25, 0.3) is 0 Å². The minimum absolute atomic E-state index is 0.0565. The van der Waals surface area contributed by atoms with Gasteiger partial charge in [0.05, 0.1) is 5.54 Å². The molecular weight excluding hydrogens is 269 g/mol. The summed E-state index contributed by atoms with van der Waals surface area (Å²) in [6.07, 6.45) is 0. The predicted molar refractivity (Wildman–Crippen MR) is 72.2 cm³/mol. The molecule has 5 heteroatoms. The van der Waals surface area contributed by atoms with Gasteiger partial charge in [-0.15, -0.1) is 0 Å². The maximum absolute atomic E-state index is 6.07. The normalized spacial score (nSPS) is 31.5.